The first kappa shape index (κ1) is 25.2. The molecule has 1 amide bonds. The SMILES string of the molecule is COCCn1c(C2(C)CCCN2C(=O)c2cc(C)ccc2-c2ccccc2F)nc2cc(C)c(C)cc21. The molecule has 3 aromatic carbocycles. The number of aromatic nitrogens is 2. The van der Waals surface area contributed by atoms with Gasteiger partial charge in [0.1, 0.15) is 11.6 Å². The van der Waals surface area contributed by atoms with Crippen molar-refractivity contribution < 1.29 is 13.9 Å². The van der Waals surface area contributed by atoms with Crippen molar-refractivity contribution in [2.45, 2.75) is 52.6 Å². The Morgan fingerprint density at radius 3 is 2.57 bits per heavy atom. The highest BCUT2D eigenvalue weighted by Gasteiger charge is 2.45. The molecule has 4 aromatic rings. The molecule has 1 fully saturated rings. The van der Waals surface area contributed by atoms with E-state index in [1.165, 1.54) is 17.2 Å². The number of hydrogen-bond donors (Lipinski definition) is 0. The average molecular weight is 500 g/mol. The Hall–Kier alpha value is -3.51. The molecule has 0 N–H and O–H groups in total. The second-order valence-electron chi connectivity index (χ2n) is 10.4. The lowest BCUT2D eigenvalue weighted by molar-refractivity contribution is 0.0596. The first-order valence-corrected chi connectivity index (χ1v) is 12.9. The van der Waals surface area contributed by atoms with Crippen molar-refractivity contribution >= 4 is 16.9 Å². The van der Waals surface area contributed by atoms with Gasteiger partial charge < -0.3 is 14.2 Å². The van der Waals surface area contributed by atoms with Gasteiger partial charge in [-0.15, -0.1) is 0 Å². The molecular weight excluding hydrogens is 465 g/mol. The van der Waals surface area contributed by atoms with Crippen molar-refractivity contribution in [2.75, 3.05) is 20.3 Å². The van der Waals surface area contributed by atoms with Crippen molar-refractivity contribution in [3.63, 3.8) is 0 Å². The Kier molecular flexibility index (Phi) is 6.63. The number of carbonyl (C=O) groups is 1. The Bertz CT molecular complexity index is 1490. The third-order valence-corrected chi connectivity index (χ3v) is 7.82. The van der Waals surface area contributed by atoms with Gasteiger partial charge in [0.05, 0.1) is 23.2 Å². The van der Waals surface area contributed by atoms with E-state index in [4.69, 9.17) is 9.72 Å². The lowest BCUT2D eigenvalue weighted by Crippen LogP contribution is -2.45. The predicted molar refractivity (Wildman–Crippen MR) is 145 cm³/mol. The number of amides is 1. The molecule has 1 unspecified atom stereocenters. The summed E-state index contributed by atoms with van der Waals surface area (Å²) in [6.07, 6.45) is 1.67. The summed E-state index contributed by atoms with van der Waals surface area (Å²) in [6, 6.07) is 16.6. The van der Waals surface area contributed by atoms with Crippen LogP contribution >= 0.6 is 0 Å². The fourth-order valence-corrected chi connectivity index (χ4v) is 5.62. The van der Waals surface area contributed by atoms with Crippen molar-refractivity contribution in [1.29, 1.82) is 0 Å². The largest absolute Gasteiger partial charge is 0.383 e. The quantitative estimate of drug-likeness (QED) is 0.302. The minimum atomic E-state index is -0.609. The smallest absolute Gasteiger partial charge is 0.255 e. The highest BCUT2D eigenvalue weighted by molar-refractivity contribution is 6.01. The zero-order valence-corrected chi connectivity index (χ0v) is 22.3. The van der Waals surface area contributed by atoms with Crippen LogP contribution in [0.25, 0.3) is 22.2 Å². The number of aryl methyl sites for hydroxylation is 3. The highest BCUT2D eigenvalue weighted by atomic mass is 19.1. The van der Waals surface area contributed by atoms with Crippen LogP contribution < -0.4 is 0 Å². The van der Waals surface area contributed by atoms with Gasteiger partial charge in [-0.1, -0.05) is 35.9 Å². The molecule has 5 rings (SSSR count). The zero-order chi connectivity index (χ0) is 26.3. The van der Waals surface area contributed by atoms with E-state index in [0.717, 1.165) is 35.3 Å². The first-order chi connectivity index (χ1) is 17.7. The highest BCUT2D eigenvalue weighted by Crippen LogP contribution is 2.41. The third-order valence-electron chi connectivity index (χ3n) is 7.82. The van der Waals surface area contributed by atoms with E-state index in [-0.39, 0.29) is 11.7 Å². The second kappa shape index (κ2) is 9.75. The number of imidazole rings is 1. The van der Waals surface area contributed by atoms with E-state index in [1.807, 2.05) is 30.0 Å². The number of ether oxygens (including phenoxy) is 1. The number of likely N-dealkylation sites (tertiary alicyclic amines) is 1. The van der Waals surface area contributed by atoms with E-state index < -0.39 is 5.54 Å². The summed E-state index contributed by atoms with van der Waals surface area (Å²) in [5.41, 5.74) is 6.29. The molecule has 1 saturated heterocycles. The van der Waals surface area contributed by atoms with Gasteiger partial charge in [-0.25, -0.2) is 9.37 Å². The van der Waals surface area contributed by atoms with Gasteiger partial charge in [-0.2, -0.15) is 0 Å². The van der Waals surface area contributed by atoms with Crippen LogP contribution in [0.3, 0.4) is 0 Å². The van der Waals surface area contributed by atoms with Crippen LogP contribution in [0.1, 0.15) is 52.6 Å². The Labute approximate surface area is 217 Å². The molecule has 1 atom stereocenters. The number of nitrogens with zero attached hydrogens (tertiary/aromatic N) is 3. The number of halogens is 1. The molecule has 0 radical (unpaired) electrons. The van der Waals surface area contributed by atoms with Crippen LogP contribution in [0.4, 0.5) is 4.39 Å². The zero-order valence-electron chi connectivity index (χ0n) is 22.3. The van der Waals surface area contributed by atoms with E-state index in [1.54, 1.807) is 25.3 Å². The van der Waals surface area contributed by atoms with E-state index in [0.29, 0.717) is 36.4 Å². The summed E-state index contributed by atoms with van der Waals surface area (Å²) >= 11 is 0. The van der Waals surface area contributed by atoms with Gasteiger partial charge in [0, 0.05) is 31.3 Å². The topological polar surface area (TPSA) is 47.4 Å². The molecule has 1 aliphatic rings. The van der Waals surface area contributed by atoms with Crippen LogP contribution in [-0.2, 0) is 16.8 Å². The molecule has 1 aliphatic heterocycles. The van der Waals surface area contributed by atoms with Crippen molar-refractivity contribution in [3.8, 4) is 11.1 Å². The Morgan fingerprint density at radius 2 is 1.81 bits per heavy atom. The summed E-state index contributed by atoms with van der Waals surface area (Å²) in [4.78, 5) is 21.3. The molecule has 5 nitrogen and oxygen atoms in total. The van der Waals surface area contributed by atoms with Gasteiger partial charge in [0.25, 0.3) is 5.91 Å². The van der Waals surface area contributed by atoms with Crippen molar-refractivity contribution in [2.24, 2.45) is 0 Å². The van der Waals surface area contributed by atoms with Crippen LogP contribution in [0, 0.1) is 26.6 Å². The van der Waals surface area contributed by atoms with Gasteiger partial charge in [-0.05, 0) is 81.5 Å². The normalized spacial score (nSPS) is 17.6. The fourth-order valence-electron chi connectivity index (χ4n) is 5.62. The predicted octanol–water partition coefficient (Wildman–Crippen LogP) is 6.57. The molecular formula is C31H34FN3O2. The third kappa shape index (κ3) is 4.33. The number of methoxy groups -OCH3 is 1. The Balaban J connectivity index is 1.64. The van der Waals surface area contributed by atoms with E-state index in [2.05, 4.69) is 37.5 Å². The van der Waals surface area contributed by atoms with Crippen molar-refractivity contribution in [1.82, 2.24) is 14.5 Å². The van der Waals surface area contributed by atoms with Crippen LogP contribution in [0.5, 0.6) is 0 Å². The average Bonchev–Trinajstić information content (AvgIpc) is 3.44. The minimum absolute atomic E-state index is 0.0975. The number of carbonyl (C=O) groups excluding carboxylic acids is 1. The first-order valence-electron chi connectivity index (χ1n) is 12.9. The fraction of sp³-hybridized carbons (Fsp3) is 0.355. The lowest BCUT2D eigenvalue weighted by atomic mass is 9.93. The lowest BCUT2D eigenvalue weighted by Gasteiger charge is -2.35. The van der Waals surface area contributed by atoms with Crippen LogP contribution in [0.2, 0.25) is 0 Å². The number of benzene rings is 3. The standard InChI is InChI=1S/C31H34FN3O2/c1-20-11-12-23(24-9-6-7-10-26(24)32)25(17-20)29(36)35-14-8-13-31(35,4)30-33-27-18-21(2)22(3)19-28(27)34(30)15-16-37-5/h6-7,9-12,17-19H,8,13-16H2,1-5H3. The maximum atomic E-state index is 14.8. The molecule has 0 spiro atoms. The van der Waals surface area contributed by atoms with Crippen LogP contribution in [-0.4, -0.2) is 40.6 Å². The summed E-state index contributed by atoms with van der Waals surface area (Å²) < 4.78 is 22.5. The monoisotopic (exact) mass is 499 g/mol. The summed E-state index contributed by atoms with van der Waals surface area (Å²) in [6.45, 7) is 10.1. The van der Waals surface area contributed by atoms with Gasteiger partial charge in [0.15, 0.2) is 0 Å². The Morgan fingerprint density at radius 1 is 1.05 bits per heavy atom. The molecule has 0 aliphatic carbocycles. The maximum absolute atomic E-state index is 14.8. The number of hydrogen-bond acceptors (Lipinski definition) is 3. The molecule has 37 heavy (non-hydrogen) atoms. The molecule has 0 bridgehead atoms. The molecule has 192 valence electrons. The number of fused-ring (bicyclic) bond motifs is 1. The van der Waals surface area contributed by atoms with E-state index >= 15 is 0 Å². The summed E-state index contributed by atoms with van der Waals surface area (Å²) in [7, 11) is 1.70. The summed E-state index contributed by atoms with van der Waals surface area (Å²) in [5.74, 6) is 0.437. The van der Waals surface area contributed by atoms with E-state index in [9.17, 15) is 9.18 Å². The molecule has 6 heteroatoms. The van der Waals surface area contributed by atoms with Gasteiger partial charge in [-0.3, -0.25) is 4.79 Å². The second-order valence-corrected chi connectivity index (χ2v) is 10.4. The van der Waals surface area contributed by atoms with Gasteiger partial charge >= 0.3 is 0 Å². The van der Waals surface area contributed by atoms with Crippen LogP contribution in [0.15, 0.2) is 54.6 Å². The molecule has 2 heterocycles. The summed E-state index contributed by atoms with van der Waals surface area (Å²) in [5, 5.41) is 0. The van der Waals surface area contributed by atoms with Crippen molar-refractivity contribution in [3.05, 3.63) is 88.5 Å². The minimum Gasteiger partial charge on any atom is -0.383 e. The number of rotatable bonds is 6. The molecule has 0 saturated carbocycles. The molecule has 1 aromatic heterocycles. The van der Waals surface area contributed by atoms with Gasteiger partial charge in [0.2, 0.25) is 0 Å². The maximum Gasteiger partial charge on any atom is 0.255 e.